The van der Waals surface area contributed by atoms with E-state index in [1.165, 1.54) is 11.9 Å². The van der Waals surface area contributed by atoms with Gasteiger partial charge in [0.05, 0.1) is 6.20 Å². The van der Waals surface area contributed by atoms with Crippen molar-refractivity contribution in [1.29, 1.82) is 0 Å². The van der Waals surface area contributed by atoms with Crippen LogP contribution in [0.25, 0.3) is 0 Å². The molecule has 2 rings (SSSR count). The standard InChI is InChI=1S/C12H13ClN4/c13-11-7-15-8-17-12(11)16-6-5-9-1-3-10(14)4-2-9/h1-4,7-8H,5-6,14H2,(H,15,16,17). The first-order valence-electron chi connectivity index (χ1n) is 5.29. The molecule has 2 aromatic rings. The number of hydrogen-bond acceptors (Lipinski definition) is 4. The van der Waals surface area contributed by atoms with Gasteiger partial charge in [0.2, 0.25) is 0 Å². The Morgan fingerprint density at radius 2 is 2.00 bits per heavy atom. The molecular weight excluding hydrogens is 236 g/mol. The lowest BCUT2D eigenvalue weighted by Gasteiger charge is -2.06. The Labute approximate surface area is 105 Å². The molecule has 0 radical (unpaired) electrons. The van der Waals surface area contributed by atoms with Crippen molar-refractivity contribution in [1.82, 2.24) is 9.97 Å². The van der Waals surface area contributed by atoms with Crippen molar-refractivity contribution in [3.63, 3.8) is 0 Å². The molecule has 1 heterocycles. The van der Waals surface area contributed by atoms with E-state index < -0.39 is 0 Å². The Morgan fingerprint density at radius 3 is 2.71 bits per heavy atom. The summed E-state index contributed by atoms with van der Waals surface area (Å²) in [5.41, 5.74) is 7.61. The van der Waals surface area contributed by atoms with Crippen LogP contribution in [0.2, 0.25) is 5.02 Å². The number of benzene rings is 1. The number of nitrogens with one attached hydrogen (secondary N) is 1. The van der Waals surface area contributed by atoms with Gasteiger partial charge in [0.15, 0.2) is 0 Å². The van der Waals surface area contributed by atoms with Crippen LogP contribution in [-0.4, -0.2) is 16.5 Å². The third-order valence-electron chi connectivity index (χ3n) is 2.35. The molecule has 4 nitrogen and oxygen atoms in total. The van der Waals surface area contributed by atoms with Gasteiger partial charge in [0.1, 0.15) is 17.2 Å². The van der Waals surface area contributed by atoms with E-state index in [1.54, 1.807) is 6.20 Å². The molecule has 0 spiro atoms. The molecule has 5 heteroatoms. The van der Waals surface area contributed by atoms with Crippen LogP contribution in [0, 0.1) is 0 Å². The molecule has 0 saturated heterocycles. The van der Waals surface area contributed by atoms with Crippen LogP contribution in [0.4, 0.5) is 11.5 Å². The Bertz CT molecular complexity index is 484. The van der Waals surface area contributed by atoms with Gasteiger partial charge in [-0.25, -0.2) is 9.97 Å². The highest BCUT2D eigenvalue weighted by Gasteiger charge is 2.00. The second-order valence-electron chi connectivity index (χ2n) is 3.64. The highest BCUT2D eigenvalue weighted by Crippen LogP contribution is 2.16. The zero-order valence-corrected chi connectivity index (χ0v) is 9.98. The normalized spacial score (nSPS) is 10.2. The first-order valence-corrected chi connectivity index (χ1v) is 5.67. The fraction of sp³-hybridized carbons (Fsp3) is 0.167. The van der Waals surface area contributed by atoms with Crippen molar-refractivity contribution >= 4 is 23.1 Å². The number of hydrogen-bond donors (Lipinski definition) is 2. The van der Waals surface area contributed by atoms with Crippen LogP contribution in [0.1, 0.15) is 5.56 Å². The molecule has 1 aromatic carbocycles. The maximum Gasteiger partial charge on any atom is 0.148 e. The van der Waals surface area contributed by atoms with Crippen molar-refractivity contribution in [3.8, 4) is 0 Å². The fourth-order valence-electron chi connectivity index (χ4n) is 1.45. The summed E-state index contributed by atoms with van der Waals surface area (Å²) in [6.07, 6.45) is 3.93. The SMILES string of the molecule is Nc1ccc(CCNc2ncncc2Cl)cc1. The summed E-state index contributed by atoms with van der Waals surface area (Å²) in [6, 6.07) is 7.82. The zero-order valence-electron chi connectivity index (χ0n) is 9.23. The van der Waals surface area contributed by atoms with Gasteiger partial charge in [-0.1, -0.05) is 23.7 Å². The smallest absolute Gasteiger partial charge is 0.148 e. The Kier molecular flexibility index (Phi) is 3.77. The van der Waals surface area contributed by atoms with Gasteiger partial charge in [-0.3, -0.25) is 0 Å². The molecule has 0 saturated carbocycles. The van der Waals surface area contributed by atoms with E-state index in [1.807, 2.05) is 24.3 Å². The molecule has 0 aliphatic rings. The summed E-state index contributed by atoms with van der Waals surface area (Å²) in [5.74, 6) is 0.664. The van der Waals surface area contributed by atoms with Crippen LogP contribution in [-0.2, 0) is 6.42 Å². The lowest BCUT2D eigenvalue weighted by Crippen LogP contribution is -2.06. The molecule has 0 atom stereocenters. The first-order chi connectivity index (χ1) is 8.25. The molecular formula is C12H13ClN4. The number of nitrogens with zero attached hydrogens (tertiary/aromatic N) is 2. The van der Waals surface area contributed by atoms with Gasteiger partial charge >= 0.3 is 0 Å². The van der Waals surface area contributed by atoms with Gasteiger partial charge in [-0.2, -0.15) is 0 Å². The minimum atomic E-state index is 0.532. The second-order valence-corrected chi connectivity index (χ2v) is 4.04. The van der Waals surface area contributed by atoms with Crippen LogP contribution in [0.15, 0.2) is 36.8 Å². The molecule has 17 heavy (non-hydrogen) atoms. The largest absolute Gasteiger partial charge is 0.399 e. The molecule has 0 bridgehead atoms. The van der Waals surface area contributed by atoms with Crippen LogP contribution < -0.4 is 11.1 Å². The number of anilines is 2. The summed E-state index contributed by atoms with van der Waals surface area (Å²) in [4.78, 5) is 7.87. The van der Waals surface area contributed by atoms with Crippen molar-refractivity contribution in [2.24, 2.45) is 0 Å². The third kappa shape index (κ3) is 3.32. The number of halogens is 1. The van der Waals surface area contributed by atoms with Crippen molar-refractivity contribution in [2.75, 3.05) is 17.6 Å². The highest BCUT2D eigenvalue weighted by atomic mass is 35.5. The van der Waals surface area contributed by atoms with E-state index in [4.69, 9.17) is 17.3 Å². The van der Waals surface area contributed by atoms with Gasteiger partial charge in [-0.15, -0.1) is 0 Å². The van der Waals surface area contributed by atoms with Crippen molar-refractivity contribution < 1.29 is 0 Å². The number of rotatable bonds is 4. The van der Waals surface area contributed by atoms with Gasteiger partial charge in [-0.05, 0) is 24.1 Å². The number of aromatic nitrogens is 2. The predicted octanol–water partition coefficient (Wildman–Crippen LogP) is 2.37. The number of nitrogens with two attached hydrogens (primary N) is 1. The highest BCUT2D eigenvalue weighted by molar-refractivity contribution is 6.32. The van der Waals surface area contributed by atoms with Crippen LogP contribution in [0.3, 0.4) is 0 Å². The van der Waals surface area contributed by atoms with E-state index >= 15 is 0 Å². The molecule has 0 fully saturated rings. The van der Waals surface area contributed by atoms with Crippen molar-refractivity contribution in [2.45, 2.75) is 6.42 Å². The lowest BCUT2D eigenvalue weighted by atomic mass is 10.1. The summed E-state index contributed by atoms with van der Waals surface area (Å²) >= 11 is 5.92. The fourth-order valence-corrected chi connectivity index (χ4v) is 1.62. The maximum absolute atomic E-state index is 5.92. The lowest BCUT2D eigenvalue weighted by molar-refractivity contribution is 1.000. The monoisotopic (exact) mass is 248 g/mol. The molecule has 0 aliphatic carbocycles. The zero-order chi connectivity index (χ0) is 12.1. The minimum Gasteiger partial charge on any atom is -0.399 e. The molecule has 88 valence electrons. The second kappa shape index (κ2) is 5.50. The average Bonchev–Trinajstić information content (AvgIpc) is 2.34. The molecule has 0 unspecified atom stereocenters. The minimum absolute atomic E-state index is 0.532. The van der Waals surface area contributed by atoms with Crippen LogP contribution in [0.5, 0.6) is 0 Å². The van der Waals surface area contributed by atoms with Crippen LogP contribution >= 0.6 is 11.6 Å². The molecule has 0 amide bonds. The van der Waals surface area contributed by atoms with Crippen molar-refractivity contribution in [3.05, 3.63) is 47.4 Å². The summed E-state index contributed by atoms with van der Waals surface area (Å²) in [5, 5.41) is 3.69. The molecule has 1 aromatic heterocycles. The van der Waals surface area contributed by atoms with Gasteiger partial charge in [0.25, 0.3) is 0 Å². The molecule has 3 N–H and O–H groups in total. The number of nitrogen functional groups attached to an aromatic ring is 1. The maximum atomic E-state index is 5.92. The Hall–Kier alpha value is -1.81. The van der Waals surface area contributed by atoms with Gasteiger partial charge < -0.3 is 11.1 Å². The Balaban J connectivity index is 1.88. The van der Waals surface area contributed by atoms with E-state index in [9.17, 15) is 0 Å². The van der Waals surface area contributed by atoms with E-state index in [0.717, 1.165) is 18.7 Å². The van der Waals surface area contributed by atoms with E-state index in [2.05, 4.69) is 15.3 Å². The van der Waals surface area contributed by atoms with E-state index in [-0.39, 0.29) is 0 Å². The molecule has 0 aliphatic heterocycles. The summed E-state index contributed by atoms with van der Waals surface area (Å²) < 4.78 is 0. The average molecular weight is 249 g/mol. The quantitative estimate of drug-likeness (QED) is 0.816. The van der Waals surface area contributed by atoms with Gasteiger partial charge in [0, 0.05) is 12.2 Å². The summed E-state index contributed by atoms with van der Waals surface area (Å²) in [7, 11) is 0. The topological polar surface area (TPSA) is 63.8 Å². The van der Waals surface area contributed by atoms with E-state index in [0.29, 0.717) is 10.8 Å². The third-order valence-corrected chi connectivity index (χ3v) is 2.63. The Morgan fingerprint density at radius 1 is 1.24 bits per heavy atom. The first kappa shape index (κ1) is 11.7. The predicted molar refractivity (Wildman–Crippen MR) is 70.1 cm³/mol. The summed E-state index contributed by atoms with van der Waals surface area (Å²) in [6.45, 7) is 0.765.